The van der Waals surface area contributed by atoms with Crippen LogP contribution in [-0.2, 0) is 4.79 Å². The van der Waals surface area contributed by atoms with E-state index in [0.29, 0.717) is 12.2 Å². The maximum atomic E-state index is 12.3. The van der Waals surface area contributed by atoms with E-state index in [-0.39, 0.29) is 0 Å². The number of rotatable bonds is 4. The number of methoxy groups -OCH3 is 1. The Balaban J connectivity index is 1.40. The van der Waals surface area contributed by atoms with Crippen LogP contribution in [0.3, 0.4) is 0 Å². The molecular formula is C20H21N3O3. The predicted octanol–water partition coefficient (Wildman–Crippen LogP) is 2.00. The molecule has 0 N–H and O–H groups in total. The van der Waals surface area contributed by atoms with Crippen molar-refractivity contribution in [1.29, 1.82) is 0 Å². The van der Waals surface area contributed by atoms with E-state index in [1.54, 1.807) is 24.1 Å². The number of Topliss-reactive ketones (excluding diaryl/α,β-unsaturated/α-hetero) is 1. The zero-order valence-corrected chi connectivity index (χ0v) is 14.7. The van der Waals surface area contributed by atoms with Gasteiger partial charge in [0.25, 0.3) is 5.78 Å². The summed E-state index contributed by atoms with van der Waals surface area (Å²) in [5.41, 5.74) is 2.40. The lowest BCUT2D eigenvalue weighted by molar-refractivity contribution is -0.114. The van der Waals surface area contributed by atoms with Gasteiger partial charge in [-0.2, -0.15) is 0 Å². The van der Waals surface area contributed by atoms with Crippen molar-refractivity contribution >= 4 is 23.1 Å². The highest BCUT2D eigenvalue weighted by molar-refractivity contribution is 6.52. The maximum Gasteiger partial charge on any atom is 0.300 e. The number of fused-ring (bicyclic) bond motifs is 1. The molecule has 2 aliphatic heterocycles. The Hall–Kier alpha value is -2.86. The molecule has 134 valence electrons. The number of para-hydroxylation sites is 1. The summed E-state index contributed by atoms with van der Waals surface area (Å²) in [7, 11) is 1.66. The van der Waals surface area contributed by atoms with Crippen molar-refractivity contribution in [2.75, 3.05) is 49.8 Å². The molecule has 0 bridgehead atoms. The molecule has 1 saturated heterocycles. The molecule has 6 heteroatoms. The lowest BCUT2D eigenvalue weighted by Gasteiger charge is -2.37. The Bertz CT molecular complexity index is 826. The molecule has 0 aromatic heterocycles. The van der Waals surface area contributed by atoms with E-state index >= 15 is 0 Å². The van der Waals surface area contributed by atoms with Gasteiger partial charge in [-0.15, -0.1) is 0 Å². The Morgan fingerprint density at radius 3 is 2.31 bits per heavy atom. The zero-order chi connectivity index (χ0) is 18.1. The Labute approximate surface area is 152 Å². The van der Waals surface area contributed by atoms with E-state index in [0.717, 1.165) is 37.6 Å². The molecule has 26 heavy (non-hydrogen) atoms. The van der Waals surface area contributed by atoms with Gasteiger partial charge >= 0.3 is 5.91 Å². The smallest absolute Gasteiger partial charge is 0.300 e. The first-order valence-corrected chi connectivity index (χ1v) is 8.74. The number of hydrogen-bond donors (Lipinski definition) is 0. The third-order valence-corrected chi connectivity index (χ3v) is 5.03. The van der Waals surface area contributed by atoms with Gasteiger partial charge < -0.3 is 9.64 Å². The lowest BCUT2D eigenvalue weighted by Crippen LogP contribution is -2.51. The van der Waals surface area contributed by atoms with Gasteiger partial charge in [-0.3, -0.25) is 19.4 Å². The largest absolute Gasteiger partial charge is 0.497 e. The molecule has 0 spiro atoms. The lowest BCUT2D eigenvalue weighted by atomic mass is 10.1. The summed E-state index contributed by atoms with van der Waals surface area (Å²) in [5, 5.41) is 0. The van der Waals surface area contributed by atoms with Crippen molar-refractivity contribution in [3.63, 3.8) is 0 Å². The molecule has 0 saturated carbocycles. The fourth-order valence-electron chi connectivity index (χ4n) is 3.53. The van der Waals surface area contributed by atoms with Crippen LogP contribution in [0, 0.1) is 0 Å². The fourth-order valence-corrected chi connectivity index (χ4v) is 3.53. The van der Waals surface area contributed by atoms with E-state index in [4.69, 9.17) is 4.74 Å². The molecule has 0 radical (unpaired) electrons. The average molecular weight is 351 g/mol. The van der Waals surface area contributed by atoms with Crippen molar-refractivity contribution in [3.8, 4) is 5.75 Å². The minimum Gasteiger partial charge on any atom is -0.497 e. The highest BCUT2D eigenvalue weighted by Crippen LogP contribution is 2.29. The first kappa shape index (κ1) is 16.6. The standard InChI is InChI=1S/C20H21N3O3/c1-26-16-8-6-15(7-9-16)22-12-10-21(11-13-22)14-23-18-5-3-2-4-17(18)19(24)20(23)25/h2-9H,10-14H2,1H3. The monoisotopic (exact) mass is 351 g/mol. The van der Waals surface area contributed by atoms with Gasteiger partial charge in [-0.05, 0) is 36.4 Å². The van der Waals surface area contributed by atoms with Crippen molar-refractivity contribution in [2.24, 2.45) is 0 Å². The molecule has 2 aliphatic rings. The third-order valence-electron chi connectivity index (χ3n) is 5.03. The van der Waals surface area contributed by atoms with E-state index in [1.165, 1.54) is 5.69 Å². The van der Waals surface area contributed by atoms with Crippen LogP contribution in [0.25, 0.3) is 0 Å². The van der Waals surface area contributed by atoms with Crippen LogP contribution < -0.4 is 14.5 Å². The summed E-state index contributed by atoms with van der Waals surface area (Å²) < 4.78 is 5.20. The van der Waals surface area contributed by atoms with Crippen LogP contribution in [0.4, 0.5) is 11.4 Å². The summed E-state index contributed by atoms with van der Waals surface area (Å²) >= 11 is 0. The number of ether oxygens (including phenoxy) is 1. The van der Waals surface area contributed by atoms with Gasteiger partial charge in [-0.1, -0.05) is 12.1 Å². The highest BCUT2D eigenvalue weighted by atomic mass is 16.5. The quantitative estimate of drug-likeness (QED) is 0.789. The van der Waals surface area contributed by atoms with Gasteiger partial charge in [0.1, 0.15) is 5.75 Å². The first-order chi connectivity index (χ1) is 12.7. The van der Waals surface area contributed by atoms with Crippen LogP contribution in [0.2, 0.25) is 0 Å². The number of hydrogen-bond acceptors (Lipinski definition) is 5. The second kappa shape index (κ2) is 6.80. The van der Waals surface area contributed by atoms with Crippen LogP contribution in [-0.4, -0.2) is 56.5 Å². The number of piperazine rings is 1. The molecule has 2 aromatic rings. The first-order valence-electron chi connectivity index (χ1n) is 8.74. The van der Waals surface area contributed by atoms with Crippen LogP contribution in [0.5, 0.6) is 5.75 Å². The van der Waals surface area contributed by atoms with E-state index in [2.05, 4.69) is 21.9 Å². The Morgan fingerprint density at radius 1 is 0.923 bits per heavy atom. The van der Waals surface area contributed by atoms with Crippen molar-refractivity contribution in [1.82, 2.24) is 4.90 Å². The molecule has 1 fully saturated rings. The third kappa shape index (κ3) is 2.93. The SMILES string of the molecule is COc1ccc(N2CCN(CN3C(=O)C(=O)c4ccccc43)CC2)cc1. The summed E-state index contributed by atoms with van der Waals surface area (Å²) in [6.45, 7) is 3.89. The summed E-state index contributed by atoms with van der Waals surface area (Å²) in [6, 6.07) is 15.3. The maximum absolute atomic E-state index is 12.3. The molecule has 0 unspecified atom stereocenters. The number of carbonyl (C=O) groups is 2. The number of anilines is 2. The Morgan fingerprint density at radius 2 is 1.62 bits per heavy atom. The van der Waals surface area contributed by atoms with Gasteiger partial charge in [0, 0.05) is 31.9 Å². The fraction of sp³-hybridized carbons (Fsp3) is 0.300. The molecular weight excluding hydrogens is 330 g/mol. The highest BCUT2D eigenvalue weighted by Gasteiger charge is 2.36. The van der Waals surface area contributed by atoms with Crippen molar-refractivity contribution in [2.45, 2.75) is 0 Å². The minimum absolute atomic E-state index is 0.405. The molecule has 4 rings (SSSR count). The number of ketones is 1. The number of amides is 1. The average Bonchev–Trinajstić information content (AvgIpc) is 2.94. The Kier molecular flexibility index (Phi) is 4.34. The molecule has 0 aliphatic carbocycles. The van der Waals surface area contributed by atoms with Gasteiger partial charge in [-0.25, -0.2) is 0 Å². The van der Waals surface area contributed by atoms with Gasteiger partial charge in [0.15, 0.2) is 0 Å². The second-order valence-corrected chi connectivity index (χ2v) is 6.52. The zero-order valence-electron chi connectivity index (χ0n) is 14.7. The molecule has 1 amide bonds. The van der Waals surface area contributed by atoms with Crippen LogP contribution in [0.15, 0.2) is 48.5 Å². The summed E-state index contributed by atoms with van der Waals surface area (Å²) in [5.74, 6) is 0.0181. The number of benzene rings is 2. The molecule has 0 atom stereocenters. The van der Waals surface area contributed by atoms with Gasteiger partial charge in [0.2, 0.25) is 0 Å². The summed E-state index contributed by atoms with van der Waals surface area (Å²) in [6.07, 6.45) is 0. The van der Waals surface area contributed by atoms with Crippen molar-refractivity contribution < 1.29 is 14.3 Å². The van der Waals surface area contributed by atoms with Crippen LogP contribution >= 0.6 is 0 Å². The molecule has 6 nitrogen and oxygen atoms in total. The predicted molar refractivity (Wildman–Crippen MR) is 99.9 cm³/mol. The van der Waals surface area contributed by atoms with Crippen LogP contribution in [0.1, 0.15) is 10.4 Å². The topological polar surface area (TPSA) is 53.1 Å². The second-order valence-electron chi connectivity index (χ2n) is 6.52. The van der Waals surface area contributed by atoms with Crippen molar-refractivity contribution in [3.05, 3.63) is 54.1 Å². The van der Waals surface area contributed by atoms with E-state index in [9.17, 15) is 9.59 Å². The van der Waals surface area contributed by atoms with Gasteiger partial charge in [0.05, 0.1) is 25.0 Å². The minimum atomic E-state index is -0.427. The van der Waals surface area contributed by atoms with E-state index in [1.807, 2.05) is 24.3 Å². The molecule has 2 heterocycles. The number of nitrogens with zero attached hydrogens (tertiary/aromatic N) is 3. The van der Waals surface area contributed by atoms with E-state index < -0.39 is 11.7 Å². The summed E-state index contributed by atoms with van der Waals surface area (Å²) in [4.78, 5) is 30.6. The normalized spacial score (nSPS) is 17.6. The molecule has 2 aromatic carbocycles. The number of carbonyl (C=O) groups excluding carboxylic acids is 2.